The SMILES string of the molecule is O=S(=O)(c1cccc2ccccc12)c1nn(Cc2cccc(Cl)c2)c2ccccc12. The van der Waals surface area contributed by atoms with Crippen LogP contribution in [-0.4, -0.2) is 18.2 Å². The van der Waals surface area contributed by atoms with E-state index in [2.05, 4.69) is 5.10 Å². The van der Waals surface area contributed by atoms with Crippen LogP contribution in [0.3, 0.4) is 0 Å². The molecule has 0 fully saturated rings. The Morgan fingerprint density at radius 1 is 0.800 bits per heavy atom. The van der Waals surface area contributed by atoms with Crippen molar-refractivity contribution >= 4 is 43.1 Å². The van der Waals surface area contributed by atoms with Gasteiger partial charge in [-0.2, -0.15) is 5.10 Å². The van der Waals surface area contributed by atoms with Gasteiger partial charge >= 0.3 is 0 Å². The van der Waals surface area contributed by atoms with Gasteiger partial charge in [0.25, 0.3) is 0 Å². The van der Waals surface area contributed by atoms with Gasteiger partial charge in [-0.1, -0.05) is 72.3 Å². The molecule has 30 heavy (non-hydrogen) atoms. The van der Waals surface area contributed by atoms with E-state index in [0.29, 0.717) is 22.3 Å². The summed E-state index contributed by atoms with van der Waals surface area (Å²) < 4.78 is 29.1. The quantitative estimate of drug-likeness (QED) is 0.364. The Labute approximate surface area is 179 Å². The molecule has 0 aliphatic rings. The minimum absolute atomic E-state index is 0.0662. The Morgan fingerprint density at radius 2 is 1.50 bits per heavy atom. The number of rotatable bonds is 4. The summed E-state index contributed by atoms with van der Waals surface area (Å²) in [6.45, 7) is 0.423. The Hall–Kier alpha value is -3.15. The molecule has 0 unspecified atom stereocenters. The van der Waals surface area contributed by atoms with E-state index in [4.69, 9.17) is 11.6 Å². The molecule has 0 aliphatic carbocycles. The highest BCUT2D eigenvalue weighted by molar-refractivity contribution is 7.91. The summed E-state index contributed by atoms with van der Waals surface area (Å²) in [7, 11) is -3.83. The lowest BCUT2D eigenvalue weighted by atomic mass is 10.1. The first kappa shape index (κ1) is 18.9. The molecule has 0 amide bonds. The van der Waals surface area contributed by atoms with Crippen LogP contribution in [0.4, 0.5) is 0 Å². The number of benzene rings is 4. The van der Waals surface area contributed by atoms with E-state index in [1.807, 2.05) is 72.8 Å². The van der Waals surface area contributed by atoms with Crippen LogP contribution in [0, 0.1) is 0 Å². The van der Waals surface area contributed by atoms with E-state index in [1.165, 1.54) is 0 Å². The van der Waals surface area contributed by atoms with Crippen LogP contribution < -0.4 is 0 Å². The molecule has 148 valence electrons. The average molecular weight is 433 g/mol. The fraction of sp³-hybridized carbons (Fsp3) is 0.0417. The second-order valence-electron chi connectivity index (χ2n) is 7.09. The Morgan fingerprint density at radius 3 is 2.33 bits per heavy atom. The summed E-state index contributed by atoms with van der Waals surface area (Å²) in [4.78, 5) is 0.263. The Bertz CT molecular complexity index is 1500. The summed E-state index contributed by atoms with van der Waals surface area (Å²) in [6, 6.07) is 27.7. The summed E-state index contributed by atoms with van der Waals surface area (Å²) in [5.74, 6) is 0. The highest BCUT2D eigenvalue weighted by atomic mass is 35.5. The predicted octanol–water partition coefficient (Wildman–Crippen LogP) is 5.72. The molecule has 0 N–H and O–H groups in total. The molecule has 4 aromatic carbocycles. The van der Waals surface area contributed by atoms with Gasteiger partial charge in [0.1, 0.15) is 0 Å². The second kappa shape index (κ2) is 7.27. The van der Waals surface area contributed by atoms with E-state index < -0.39 is 9.84 Å². The first-order chi connectivity index (χ1) is 14.5. The van der Waals surface area contributed by atoms with Crippen LogP contribution in [0.25, 0.3) is 21.7 Å². The molecule has 4 nitrogen and oxygen atoms in total. The van der Waals surface area contributed by atoms with Crippen molar-refractivity contribution in [2.75, 3.05) is 0 Å². The Balaban J connectivity index is 1.71. The van der Waals surface area contributed by atoms with Crippen LogP contribution in [0.15, 0.2) is 101 Å². The first-order valence-electron chi connectivity index (χ1n) is 9.47. The molecule has 0 radical (unpaired) electrons. The predicted molar refractivity (Wildman–Crippen MR) is 120 cm³/mol. The summed E-state index contributed by atoms with van der Waals surface area (Å²) in [5, 5.41) is 7.42. The maximum absolute atomic E-state index is 13.7. The molecule has 5 rings (SSSR count). The second-order valence-corrected chi connectivity index (χ2v) is 9.36. The molecule has 5 aromatic rings. The van der Waals surface area contributed by atoms with Crippen molar-refractivity contribution in [1.82, 2.24) is 9.78 Å². The fourth-order valence-corrected chi connectivity index (χ4v) is 5.58. The molecule has 1 aromatic heterocycles. The molecule has 0 saturated carbocycles. The zero-order valence-electron chi connectivity index (χ0n) is 15.9. The average Bonchev–Trinajstić information content (AvgIpc) is 3.13. The minimum atomic E-state index is -3.83. The summed E-state index contributed by atoms with van der Waals surface area (Å²) in [6.07, 6.45) is 0. The third-order valence-electron chi connectivity index (χ3n) is 5.14. The van der Waals surface area contributed by atoms with E-state index >= 15 is 0 Å². The molecular formula is C24H17ClN2O2S. The van der Waals surface area contributed by atoms with E-state index in [0.717, 1.165) is 16.5 Å². The number of fused-ring (bicyclic) bond motifs is 2. The number of hydrogen-bond acceptors (Lipinski definition) is 3. The fourth-order valence-electron chi connectivity index (χ4n) is 3.76. The van der Waals surface area contributed by atoms with Gasteiger partial charge < -0.3 is 0 Å². The number of aromatic nitrogens is 2. The van der Waals surface area contributed by atoms with Crippen molar-refractivity contribution in [1.29, 1.82) is 0 Å². The van der Waals surface area contributed by atoms with Crippen molar-refractivity contribution in [3.8, 4) is 0 Å². The number of halogens is 1. The maximum atomic E-state index is 13.7. The highest BCUT2D eigenvalue weighted by Crippen LogP contribution is 2.32. The molecule has 0 bridgehead atoms. The summed E-state index contributed by atoms with van der Waals surface area (Å²) >= 11 is 6.12. The molecule has 1 heterocycles. The van der Waals surface area contributed by atoms with Crippen LogP contribution in [0.5, 0.6) is 0 Å². The van der Waals surface area contributed by atoms with Crippen molar-refractivity contribution in [3.05, 3.63) is 102 Å². The van der Waals surface area contributed by atoms with Gasteiger partial charge in [0.2, 0.25) is 9.84 Å². The van der Waals surface area contributed by atoms with Gasteiger partial charge in [0.05, 0.1) is 17.0 Å². The minimum Gasteiger partial charge on any atom is -0.259 e. The third kappa shape index (κ3) is 3.16. The number of nitrogens with zero attached hydrogens (tertiary/aromatic N) is 2. The van der Waals surface area contributed by atoms with Crippen LogP contribution >= 0.6 is 11.6 Å². The smallest absolute Gasteiger partial charge is 0.226 e. The maximum Gasteiger partial charge on any atom is 0.226 e. The molecule has 0 atom stereocenters. The molecule has 0 aliphatic heterocycles. The van der Waals surface area contributed by atoms with E-state index in [-0.39, 0.29) is 9.92 Å². The number of para-hydroxylation sites is 1. The van der Waals surface area contributed by atoms with E-state index in [9.17, 15) is 8.42 Å². The lowest BCUT2D eigenvalue weighted by Gasteiger charge is -2.07. The van der Waals surface area contributed by atoms with Crippen molar-refractivity contribution in [2.45, 2.75) is 16.5 Å². The number of hydrogen-bond donors (Lipinski definition) is 0. The number of sulfone groups is 1. The molecule has 0 saturated heterocycles. The molecular weight excluding hydrogens is 416 g/mol. The standard InChI is InChI=1S/C24H17ClN2O2S/c25-19-10-5-7-17(15-19)16-27-22-13-4-3-12-21(22)24(26-27)30(28,29)23-14-6-9-18-8-1-2-11-20(18)23/h1-15H,16H2. The van der Waals surface area contributed by atoms with Gasteiger partial charge in [0.15, 0.2) is 5.03 Å². The van der Waals surface area contributed by atoms with E-state index in [1.54, 1.807) is 22.9 Å². The van der Waals surface area contributed by atoms with Crippen LogP contribution in [0.1, 0.15) is 5.56 Å². The topological polar surface area (TPSA) is 52.0 Å². The normalized spacial score (nSPS) is 11.9. The largest absolute Gasteiger partial charge is 0.259 e. The van der Waals surface area contributed by atoms with Crippen LogP contribution in [-0.2, 0) is 16.4 Å². The van der Waals surface area contributed by atoms with Crippen molar-refractivity contribution < 1.29 is 8.42 Å². The molecule has 6 heteroatoms. The van der Waals surface area contributed by atoms with Gasteiger partial charge in [-0.15, -0.1) is 0 Å². The van der Waals surface area contributed by atoms with Gasteiger partial charge in [-0.05, 0) is 41.3 Å². The molecule has 0 spiro atoms. The van der Waals surface area contributed by atoms with Gasteiger partial charge in [-0.25, -0.2) is 8.42 Å². The summed E-state index contributed by atoms with van der Waals surface area (Å²) in [5.41, 5.74) is 1.71. The monoisotopic (exact) mass is 432 g/mol. The lowest BCUT2D eigenvalue weighted by molar-refractivity contribution is 0.587. The van der Waals surface area contributed by atoms with Crippen molar-refractivity contribution in [3.63, 3.8) is 0 Å². The van der Waals surface area contributed by atoms with Gasteiger partial charge in [0, 0.05) is 15.8 Å². The first-order valence-corrected chi connectivity index (χ1v) is 11.3. The third-order valence-corrected chi connectivity index (χ3v) is 7.12. The van der Waals surface area contributed by atoms with Gasteiger partial charge in [-0.3, -0.25) is 4.68 Å². The zero-order chi connectivity index (χ0) is 20.7. The Kier molecular flexibility index (Phi) is 4.57. The highest BCUT2D eigenvalue weighted by Gasteiger charge is 2.27. The van der Waals surface area contributed by atoms with Crippen molar-refractivity contribution in [2.24, 2.45) is 0 Å². The zero-order valence-corrected chi connectivity index (χ0v) is 17.4. The van der Waals surface area contributed by atoms with Crippen LogP contribution in [0.2, 0.25) is 5.02 Å². The lowest BCUT2D eigenvalue weighted by Crippen LogP contribution is -2.07.